The Kier molecular flexibility index (Phi) is 3.90. The van der Waals surface area contributed by atoms with Crippen molar-refractivity contribution in [3.05, 3.63) is 35.0 Å². The van der Waals surface area contributed by atoms with Gasteiger partial charge in [0.1, 0.15) is 5.70 Å². The summed E-state index contributed by atoms with van der Waals surface area (Å²) in [5, 5.41) is 5.78. The van der Waals surface area contributed by atoms with E-state index >= 15 is 0 Å². The van der Waals surface area contributed by atoms with Gasteiger partial charge in [0.2, 0.25) is 0 Å². The molecular formula is C15H17N3O2S. The van der Waals surface area contributed by atoms with Crippen LogP contribution < -0.4 is 15.5 Å². The van der Waals surface area contributed by atoms with E-state index in [1.54, 1.807) is 0 Å². The zero-order valence-electron chi connectivity index (χ0n) is 11.8. The number of morpholine rings is 1. The van der Waals surface area contributed by atoms with E-state index in [1.807, 2.05) is 19.1 Å². The van der Waals surface area contributed by atoms with E-state index in [4.69, 9.17) is 17.0 Å². The number of hydrogen-bond acceptors (Lipinski definition) is 4. The second kappa shape index (κ2) is 5.83. The number of anilines is 1. The number of carbonyl (C=O) groups is 1. The quantitative estimate of drug-likeness (QED) is 0.635. The maximum absolute atomic E-state index is 11.7. The fourth-order valence-corrected chi connectivity index (χ4v) is 2.68. The summed E-state index contributed by atoms with van der Waals surface area (Å²) < 4.78 is 5.37. The minimum Gasteiger partial charge on any atom is -0.378 e. The van der Waals surface area contributed by atoms with Gasteiger partial charge in [-0.1, -0.05) is 6.07 Å². The van der Waals surface area contributed by atoms with Crippen molar-refractivity contribution in [2.24, 2.45) is 0 Å². The van der Waals surface area contributed by atoms with Gasteiger partial charge in [0, 0.05) is 18.8 Å². The molecule has 1 aromatic carbocycles. The molecule has 2 fully saturated rings. The molecule has 21 heavy (non-hydrogen) atoms. The van der Waals surface area contributed by atoms with Gasteiger partial charge in [0.25, 0.3) is 5.91 Å². The molecule has 2 N–H and O–H groups in total. The second-order valence-corrected chi connectivity index (χ2v) is 5.51. The van der Waals surface area contributed by atoms with Crippen LogP contribution in [0.5, 0.6) is 0 Å². The molecule has 2 aliphatic heterocycles. The maximum atomic E-state index is 11.7. The van der Waals surface area contributed by atoms with Gasteiger partial charge in [0.15, 0.2) is 5.11 Å². The number of rotatable bonds is 2. The Morgan fingerprint density at radius 3 is 2.67 bits per heavy atom. The average Bonchev–Trinajstić information content (AvgIpc) is 2.80. The van der Waals surface area contributed by atoms with Crippen LogP contribution in [0.25, 0.3) is 6.08 Å². The lowest BCUT2D eigenvalue weighted by Gasteiger charge is -2.29. The van der Waals surface area contributed by atoms with E-state index in [0.29, 0.717) is 10.8 Å². The summed E-state index contributed by atoms with van der Waals surface area (Å²) in [7, 11) is 0. The fourth-order valence-electron chi connectivity index (χ4n) is 2.48. The number of ether oxygens (including phenoxy) is 1. The summed E-state index contributed by atoms with van der Waals surface area (Å²) in [6, 6.07) is 6.25. The van der Waals surface area contributed by atoms with E-state index in [1.165, 1.54) is 5.69 Å². The Morgan fingerprint density at radius 2 is 2.05 bits per heavy atom. The molecule has 1 amide bonds. The molecule has 2 heterocycles. The lowest BCUT2D eigenvalue weighted by Crippen LogP contribution is -2.36. The first kappa shape index (κ1) is 14.0. The van der Waals surface area contributed by atoms with Crippen LogP contribution >= 0.6 is 12.2 Å². The van der Waals surface area contributed by atoms with Gasteiger partial charge < -0.3 is 15.0 Å². The highest BCUT2D eigenvalue weighted by atomic mass is 32.1. The standard InChI is InChI=1S/C15H17N3O2S/c1-10-8-12(18-4-6-20-7-5-18)3-2-11(10)9-13-14(19)17-15(21)16-13/h2-3,8-9H,4-7H2,1H3,(H2,16,17,19,21)/b13-9+. The Morgan fingerprint density at radius 1 is 1.29 bits per heavy atom. The molecular weight excluding hydrogens is 286 g/mol. The number of nitrogens with zero attached hydrogens (tertiary/aromatic N) is 1. The Labute approximate surface area is 129 Å². The summed E-state index contributed by atoms with van der Waals surface area (Å²) in [6.07, 6.45) is 1.83. The first-order valence-electron chi connectivity index (χ1n) is 6.91. The van der Waals surface area contributed by atoms with Crippen molar-refractivity contribution in [1.29, 1.82) is 0 Å². The molecule has 0 bridgehead atoms. The van der Waals surface area contributed by atoms with Crippen LogP contribution in [0, 0.1) is 6.92 Å². The zero-order valence-corrected chi connectivity index (χ0v) is 12.6. The lowest BCUT2D eigenvalue weighted by atomic mass is 10.1. The first-order chi connectivity index (χ1) is 10.1. The van der Waals surface area contributed by atoms with Gasteiger partial charge in [0.05, 0.1) is 13.2 Å². The minimum atomic E-state index is -0.184. The Hall–Kier alpha value is -1.92. The van der Waals surface area contributed by atoms with Crippen molar-refractivity contribution in [1.82, 2.24) is 10.6 Å². The zero-order chi connectivity index (χ0) is 14.8. The van der Waals surface area contributed by atoms with Crippen LogP contribution in [-0.4, -0.2) is 37.3 Å². The number of amides is 1. The molecule has 5 nitrogen and oxygen atoms in total. The SMILES string of the molecule is Cc1cc(N2CCOCC2)ccc1/C=C1/NC(=S)NC1=O. The monoisotopic (exact) mass is 303 g/mol. The van der Waals surface area contributed by atoms with Gasteiger partial charge in [-0.25, -0.2) is 0 Å². The number of carbonyl (C=O) groups excluding carboxylic acids is 1. The molecule has 0 unspecified atom stereocenters. The van der Waals surface area contributed by atoms with Crippen LogP contribution in [0.1, 0.15) is 11.1 Å². The lowest BCUT2D eigenvalue weighted by molar-refractivity contribution is -0.115. The van der Waals surface area contributed by atoms with Gasteiger partial charge >= 0.3 is 0 Å². The fraction of sp³-hybridized carbons (Fsp3) is 0.333. The highest BCUT2D eigenvalue weighted by molar-refractivity contribution is 7.80. The van der Waals surface area contributed by atoms with Crippen molar-refractivity contribution >= 4 is 35.0 Å². The largest absolute Gasteiger partial charge is 0.378 e. The second-order valence-electron chi connectivity index (χ2n) is 5.11. The van der Waals surface area contributed by atoms with Crippen molar-refractivity contribution in [3.8, 4) is 0 Å². The summed E-state index contributed by atoms with van der Waals surface area (Å²) in [5.74, 6) is -0.184. The molecule has 0 spiro atoms. The van der Waals surface area contributed by atoms with Crippen molar-refractivity contribution < 1.29 is 9.53 Å². The first-order valence-corrected chi connectivity index (χ1v) is 7.32. The van der Waals surface area contributed by atoms with Gasteiger partial charge in [-0.15, -0.1) is 0 Å². The summed E-state index contributed by atoms with van der Waals surface area (Å²) in [5.41, 5.74) is 3.81. The highest BCUT2D eigenvalue weighted by Crippen LogP contribution is 2.22. The van der Waals surface area contributed by atoms with Crippen LogP contribution in [0.15, 0.2) is 23.9 Å². The van der Waals surface area contributed by atoms with Crippen molar-refractivity contribution in [2.75, 3.05) is 31.2 Å². The van der Waals surface area contributed by atoms with E-state index < -0.39 is 0 Å². The summed E-state index contributed by atoms with van der Waals surface area (Å²) in [6.45, 7) is 5.41. The normalized spacial score (nSPS) is 20.6. The molecule has 0 radical (unpaired) electrons. The van der Waals surface area contributed by atoms with Gasteiger partial charge in [-0.2, -0.15) is 0 Å². The molecule has 0 saturated carbocycles. The number of hydrogen-bond donors (Lipinski definition) is 2. The summed E-state index contributed by atoms with van der Waals surface area (Å²) >= 11 is 4.93. The molecule has 0 atom stereocenters. The van der Waals surface area contributed by atoms with Crippen molar-refractivity contribution in [3.63, 3.8) is 0 Å². The van der Waals surface area contributed by atoms with E-state index in [9.17, 15) is 4.79 Å². The highest BCUT2D eigenvalue weighted by Gasteiger charge is 2.20. The molecule has 3 rings (SSSR count). The molecule has 0 aromatic heterocycles. The molecule has 2 saturated heterocycles. The van der Waals surface area contributed by atoms with Crippen LogP contribution in [0.2, 0.25) is 0 Å². The molecule has 2 aliphatic rings. The summed E-state index contributed by atoms with van der Waals surface area (Å²) in [4.78, 5) is 14.0. The molecule has 1 aromatic rings. The van der Waals surface area contributed by atoms with Crippen molar-refractivity contribution in [2.45, 2.75) is 6.92 Å². The minimum absolute atomic E-state index is 0.184. The third-order valence-electron chi connectivity index (χ3n) is 3.65. The topological polar surface area (TPSA) is 53.6 Å². The smallest absolute Gasteiger partial charge is 0.273 e. The van der Waals surface area contributed by atoms with E-state index in [-0.39, 0.29) is 5.91 Å². The van der Waals surface area contributed by atoms with Crippen LogP contribution in [0.3, 0.4) is 0 Å². The average molecular weight is 303 g/mol. The predicted molar refractivity (Wildman–Crippen MR) is 86.1 cm³/mol. The van der Waals surface area contributed by atoms with Crippen LogP contribution in [0.4, 0.5) is 5.69 Å². The number of thiocarbonyl (C=S) groups is 1. The third kappa shape index (κ3) is 3.06. The molecule has 0 aliphatic carbocycles. The Balaban J connectivity index is 1.83. The molecule has 110 valence electrons. The maximum Gasteiger partial charge on any atom is 0.273 e. The van der Waals surface area contributed by atoms with E-state index in [0.717, 1.165) is 37.4 Å². The number of aryl methyl sites for hydroxylation is 1. The number of nitrogens with one attached hydrogen (secondary N) is 2. The van der Waals surface area contributed by atoms with Gasteiger partial charge in [-0.05, 0) is 48.5 Å². The third-order valence-corrected chi connectivity index (χ3v) is 3.85. The van der Waals surface area contributed by atoms with Gasteiger partial charge in [-0.3, -0.25) is 10.1 Å². The predicted octanol–water partition coefficient (Wildman–Crippen LogP) is 1.18. The van der Waals surface area contributed by atoms with E-state index in [2.05, 4.69) is 27.7 Å². The molecule has 6 heteroatoms. The van der Waals surface area contributed by atoms with Crippen LogP contribution in [-0.2, 0) is 9.53 Å². The Bertz CT molecular complexity index is 621. The number of benzene rings is 1.